The van der Waals surface area contributed by atoms with Gasteiger partial charge in [-0.3, -0.25) is 4.79 Å². The molecule has 0 spiro atoms. The number of nitrogens with zero attached hydrogens (tertiary/aromatic N) is 2. The maximum Gasteiger partial charge on any atom is 0.261 e. The molecule has 33 heavy (non-hydrogen) atoms. The minimum atomic E-state index is -0.334. The van der Waals surface area contributed by atoms with E-state index in [1.54, 1.807) is 6.08 Å². The highest BCUT2D eigenvalue weighted by molar-refractivity contribution is 6.01. The standard InChI is InChI=1S/C28H32N4O/c1-5-32-26-11-10-20(15-24(26)19(2)16-28(32,3)4)14-22(17-29)27(33)30-13-12-21-18-31-25-9-7-6-8-23(21)25/h6-11,14-15,18-19,31H,5,12-13,16H2,1-4H3,(H,30,33)/b22-14-/t19-/m1/s1. The monoisotopic (exact) mass is 440 g/mol. The summed E-state index contributed by atoms with van der Waals surface area (Å²) in [6.07, 6.45) is 5.45. The first kappa shape index (κ1) is 22.7. The topological polar surface area (TPSA) is 71.9 Å². The molecule has 0 radical (unpaired) electrons. The van der Waals surface area contributed by atoms with Gasteiger partial charge in [-0.05, 0) is 80.5 Å². The molecule has 0 unspecified atom stereocenters. The van der Waals surface area contributed by atoms with E-state index in [2.05, 4.69) is 67.2 Å². The fourth-order valence-electron chi connectivity index (χ4n) is 5.26. The fourth-order valence-corrected chi connectivity index (χ4v) is 5.26. The molecule has 5 heteroatoms. The average molecular weight is 441 g/mol. The Morgan fingerprint density at radius 2 is 2.09 bits per heavy atom. The van der Waals surface area contributed by atoms with Crippen molar-refractivity contribution >= 4 is 28.6 Å². The molecule has 2 N–H and O–H groups in total. The molecule has 2 heterocycles. The van der Waals surface area contributed by atoms with Crippen molar-refractivity contribution in [1.82, 2.24) is 10.3 Å². The summed E-state index contributed by atoms with van der Waals surface area (Å²) in [6.45, 7) is 10.4. The molecule has 1 aliphatic heterocycles. The van der Waals surface area contributed by atoms with E-state index in [0.29, 0.717) is 18.9 Å². The second-order valence-corrected chi connectivity index (χ2v) is 9.52. The second-order valence-electron chi connectivity index (χ2n) is 9.52. The third-order valence-corrected chi connectivity index (χ3v) is 6.76. The highest BCUT2D eigenvalue weighted by atomic mass is 16.1. The normalized spacial score (nSPS) is 17.5. The predicted molar refractivity (Wildman–Crippen MR) is 135 cm³/mol. The number of amides is 1. The number of carbonyl (C=O) groups is 1. The zero-order valence-corrected chi connectivity index (χ0v) is 19.9. The summed E-state index contributed by atoms with van der Waals surface area (Å²) in [5.41, 5.74) is 5.90. The van der Waals surface area contributed by atoms with Crippen molar-refractivity contribution in [1.29, 1.82) is 5.26 Å². The molecular weight excluding hydrogens is 408 g/mol. The summed E-state index contributed by atoms with van der Waals surface area (Å²) in [5, 5.41) is 13.7. The van der Waals surface area contributed by atoms with Gasteiger partial charge >= 0.3 is 0 Å². The lowest BCUT2D eigenvalue weighted by molar-refractivity contribution is -0.117. The number of carbonyl (C=O) groups excluding carboxylic acids is 1. The lowest BCUT2D eigenvalue weighted by Gasteiger charge is -2.47. The Morgan fingerprint density at radius 3 is 2.85 bits per heavy atom. The number of aromatic nitrogens is 1. The largest absolute Gasteiger partial charge is 0.366 e. The van der Waals surface area contributed by atoms with Gasteiger partial charge in [-0.2, -0.15) is 5.26 Å². The number of para-hydroxylation sites is 1. The molecule has 4 rings (SSSR count). The molecule has 1 aliphatic rings. The number of nitrogens with one attached hydrogen (secondary N) is 2. The number of hydrogen-bond acceptors (Lipinski definition) is 3. The first-order chi connectivity index (χ1) is 15.8. The Balaban J connectivity index is 1.48. The molecule has 1 amide bonds. The predicted octanol–water partition coefficient (Wildman–Crippen LogP) is 5.55. The first-order valence-corrected chi connectivity index (χ1v) is 11.7. The van der Waals surface area contributed by atoms with Gasteiger partial charge in [0.25, 0.3) is 5.91 Å². The van der Waals surface area contributed by atoms with E-state index in [1.807, 2.05) is 30.5 Å². The Bertz CT molecular complexity index is 1240. The van der Waals surface area contributed by atoms with E-state index in [1.165, 1.54) is 11.3 Å². The van der Waals surface area contributed by atoms with Gasteiger partial charge in [0.05, 0.1) is 0 Å². The van der Waals surface area contributed by atoms with Crippen LogP contribution >= 0.6 is 0 Å². The molecule has 0 saturated carbocycles. The summed E-state index contributed by atoms with van der Waals surface area (Å²) in [5.74, 6) is 0.0844. The van der Waals surface area contributed by atoms with Crippen LogP contribution in [0.1, 0.15) is 56.7 Å². The van der Waals surface area contributed by atoms with Gasteiger partial charge < -0.3 is 15.2 Å². The molecule has 5 nitrogen and oxygen atoms in total. The summed E-state index contributed by atoms with van der Waals surface area (Å²) in [7, 11) is 0. The molecule has 0 saturated heterocycles. The van der Waals surface area contributed by atoms with Crippen molar-refractivity contribution in [3.8, 4) is 6.07 Å². The lowest BCUT2D eigenvalue weighted by Crippen LogP contribution is -2.48. The van der Waals surface area contributed by atoms with Gasteiger partial charge in [0.15, 0.2) is 0 Å². The first-order valence-electron chi connectivity index (χ1n) is 11.7. The van der Waals surface area contributed by atoms with Crippen LogP contribution in [0.2, 0.25) is 0 Å². The van der Waals surface area contributed by atoms with E-state index in [4.69, 9.17) is 0 Å². The van der Waals surface area contributed by atoms with Gasteiger partial charge in [0.2, 0.25) is 0 Å². The van der Waals surface area contributed by atoms with Crippen LogP contribution in [0.15, 0.2) is 54.2 Å². The lowest BCUT2D eigenvalue weighted by atomic mass is 9.79. The number of rotatable bonds is 6. The third-order valence-electron chi connectivity index (χ3n) is 6.76. The minimum absolute atomic E-state index is 0.112. The van der Waals surface area contributed by atoms with Crippen LogP contribution in [0.4, 0.5) is 5.69 Å². The van der Waals surface area contributed by atoms with Crippen LogP contribution in [-0.4, -0.2) is 29.5 Å². The molecule has 0 aliphatic carbocycles. The molecule has 1 atom stereocenters. The van der Waals surface area contributed by atoms with Crippen molar-refractivity contribution in [3.63, 3.8) is 0 Å². The summed E-state index contributed by atoms with van der Waals surface area (Å²) < 4.78 is 0. The Kier molecular flexibility index (Phi) is 6.29. The quantitative estimate of drug-likeness (QED) is 0.390. The minimum Gasteiger partial charge on any atom is -0.366 e. The Morgan fingerprint density at radius 1 is 1.30 bits per heavy atom. The molecule has 2 aromatic carbocycles. The fraction of sp³-hybridized carbons (Fsp3) is 0.357. The maximum atomic E-state index is 12.7. The maximum absolute atomic E-state index is 12.7. The van der Waals surface area contributed by atoms with Crippen molar-refractivity contribution in [2.24, 2.45) is 0 Å². The van der Waals surface area contributed by atoms with Gasteiger partial charge in [-0.1, -0.05) is 31.2 Å². The van der Waals surface area contributed by atoms with Crippen LogP contribution in [0.3, 0.4) is 0 Å². The number of nitriles is 1. The van der Waals surface area contributed by atoms with Crippen LogP contribution in [0, 0.1) is 11.3 Å². The zero-order chi connectivity index (χ0) is 23.6. The van der Waals surface area contributed by atoms with E-state index in [9.17, 15) is 10.1 Å². The zero-order valence-electron chi connectivity index (χ0n) is 19.9. The average Bonchev–Trinajstić information content (AvgIpc) is 3.20. The van der Waals surface area contributed by atoms with Crippen molar-refractivity contribution in [2.45, 2.75) is 52.0 Å². The number of benzene rings is 2. The molecule has 0 bridgehead atoms. The van der Waals surface area contributed by atoms with Gasteiger partial charge in [-0.25, -0.2) is 0 Å². The highest BCUT2D eigenvalue weighted by Crippen LogP contribution is 2.43. The summed E-state index contributed by atoms with van der Waals surface area (Å²) >= 11 is 0. The van der Waals surface area contributed by atoms with Crippen LogP contribution in [0.5, 0.6) is 0 Å². The number of fused-ring (bicyclic) bond motifs is 2. The molecule has 3 aromatic rings. The van der Waals surface area contributed by atoms with Crippen LogP contribution < -0.4 is 10.2 Å². The molecule has 1 aromatic heterocycles. The van der Waals surface area contributed by atoms with E-state index in [0.717, 1.165) is 35.0 Å². The van der Waals surface area contributed by atoms with Gasteiger partial charge in [0, 0.05) is 41.4 Å². The SMILES string of the molecule is CCN1c2ccc(/C=C(/C#N)C(=O)NCCc3c[nH]c4ccccc34)cc2[C@H](C)CC1(C)C. The summed E-state index contributed by atoms with van der Waals surface area (Å²) in [6, 6.07) is 16.5. The van der Waals surface area contributed by atoms with Crippen molar-refractivity contribution in [3.05, 3.63) is 70.9 Å². The number of aromatic amines is 1. The number of hydrogen-bond donors (Lipinski definition) is 2. The number of anilines is 1. The Labute approximate surface area is 196 Å². The Hall–Kier alpha value is -3.52. The van der Waals surface area contributed by atoms with Crippen molar-refractivity contribution in [2.75, 3.05) is 18.0 Å². The molecule has 0 fully saturated rings. The highest BCUT2D eigenvalue weighted by Gasteiger charge is 2.35. The van der Waals surface area contributed by atoms with E-state index in [-0.39, 0.29) is 17.0 Å². The number of H-pyrrole nitrogens is 1. The van der Waals surface area contributed by atoms with E-state index < -0.39 is 0 Å². The van der Waals surface area contributed by atoms with E-state index >= 15 is 0 Å². The summed E-state index contributed by atoms with van der Waals surface area (Å²) in [4.78, 5) is 18.4. The molecule has 170 valence electrons. The molecular formula is C28H32N4O. The van der Waals surface area contributed by atoms with Crippen LogP contribution in [0.25, 0.3) is 17.0 Å². The third kappa shape index (κ3) is 4.52. The van der Waals surface area contributed by atoms with Crippen molar-refractivity contribution < 1.29 is 4.79 Å². The van der Waals surface area contributed by atoms with Gasteiger partial charge in [-0.15, -0.1) is 0 Å². The second kappa shape index (κ2) is 9.15. The van der Waals surface area contributed by atoms with Crippen LogP contribution in [-0.2, 0) is 11.2 Å². The van der Waals surface area contributed by atoms with Gasteiger partial charge in [0.1, 0.15) is 11.6 Å². The smallest absolute Gasteiger partial charge is 0.261 e.